The molecule has 0 aromatic rings. The second kappa shape index (κ2) is 5.03. The van der Waals surface area contributed by atoms with Crippen molar-refractivity contribution in [3.63, 3.8) is 0 Å². The van der Waals surface area contributed by atoms with Gasteiger partial charge in [-0.2, -0.15) is 0 Å². The molecule has 0 saturated heterocycles. The predicted molar refractivity (Wildman–Crippen MR) is 40.7 cm³/mol. The normalized spacial score (nSPS) is 11.3. The van der Waals surface area contributed by atoms with Crippen molar-refractivity contribution < 1.29 is 9.53 Å². The Morgan fingerprint density at radius 3 is 2.60 bits per heavy atom. The van der Waals surface area contributed by atoms with Gasteiger partial charge in [0.25, 0.3) is 0 Å². The van der Waals surface area contributed by atoms with Crippen LogP contribution in [0.1, 0.15) is 26.7 Å². The zero-order chi connectivity index (χ0) is 7.98. The van der Waals surface area contributed by atoms with Gasteiger partial charge in [-0.1, -0.05) is 18.6 Å². The highest BCUT2D eigenvalue weighted by Gasteiger charge is 1.94. The van der Waals surface area contributed by atoms with E-state index in [9.17, 15) is 4.79 Å². The summed E-state index contributed by atoms with van der Waals surface area (Å²) >= 11 is 0. The smallest absolute Gasteiger partial charge is 0.309 e. The first-order valence-corrected chi connectivity index (χ1v) is 3.43. The van der Waals surface area contributed by atoms with Crippen LogP contribution in [0.5, 0.6) is 0 Å². The minimum absolute atomic E-state index is 0.173. The summed E-state index contributed by atoms with van der Waals surface area (Å²) < 4.78 is 4.46. The van der Waals surface area contributed by atoms with Crippen LogP contribution in [-0.2, 0) is 9.53 Å². The summed E-state index contributed by atoms with van der Waals surface area (Å²) in [6.07, 6.45) is 3.29. The Balaban J connectivity index is 3.61. The Bertz CT molecular complexity index is 136. The van der Waals surface area contributed by atoms with Gasteiger partial charge in [-0.3, -0.25) is 4.79 Å². The summed E-state index contributed by atoms with van der Waals surface area (Å²) in [5.74, 6) is -0.173. The van der Waals surface area contributed by atoms with Crippen molar-refractivity contribution in [2.75, 3.05) is 7.11 Å². The molecule has 0 aliphatic rings. The second-order valence-electron chi connectivity index (χ2n) is 2.18. The van der Waals surface area contributed by atoms with E-state index in [1.54, 1.807) is 0 Å². The highest BCUT2D eigenvalue weighted by molar-refractivity contribution is 5.71. The first kappa shape index (κ1) is 9.21. The van der Waals surface area contributed by atoms with Gasteiger partial charge in [-0.05, 0) is 13.3 Å². The maximum Gasteiger partial charge on any atom is 0.309 e. The van der Waals surface area contributed by atoms with Gasteiger partial charge in [0.15, 0.2) is 0 Å². The monoisotopic (exact) mass is 142 g/mol. The third kappa shape index (κ3) is 4.13. The molecular weight excluding hydrogens is 128 g/mol. The van der Waals surface area contributed by atoms with E-state index >= 15 is 0 Å². The lowest BCUT2D eigenvalue weighted by molar-refractivity contribution is -0.139. The van der Waals surface area contributed by atoms with Crippen molar-refractivity contribution in [2.45, 2.75) is 26.7 Å². The molecule has 10 heavy (non-hydrogen) atoms. The second-order valence-corrected chi connectivity index (χ2v) is 2.18. The van der Waals surface area contributed by atoms with Gasteiger partial charge in [0.1, 0.15) is 0 Å². The number of carbonyl (C=O) groups excluding carboxylic acids is 1. The van der Waals surface area contributed by atoms with Crippen molar-refractivity contribution in [3.05, 3.63) is 11.6 Å². The molecule has 0 rings (SSSR count). The van der Waals surface area contributed by atoms with Crippen molar-refractivity contribution in [1.82, 2.24) is 0 Å². The Kier molecular flexibility index (Phi) is 4.63. The van der Waals surface area contributed by atoms with Crippen LogP contribution >= 0.6 is 0 Å². The van der Waals surface area contributed by atoms with E-state index in [2.05, 4.69) is 11.7 Å². The van der Waals surface area contributed by atoms with Crippen LogP contribution in [0.2, 0.25) is 0 Å². The standard InChI is InChI=1S/C8H14O2/c1-4-7(2)5-6-8(9)10-3/h5H,4,6H2,1-3H3/b7-5+. The molecule has 0 aliphatic heterocycles. The molecule has 0 aliphatic carbocycles. The molecule has 0 amide bonds. The van der Waals surface area contributed by atoms with Crippen LogP contribution in [0, 0.1) is 0 Å². The largest absolute Gasteiger partial charge is 0.469 e. The molecule has 0 saturated carbocycles. The Morgan fingerprint density at radius 2 is 2.20 bits per heavy atom. The number of ether oxygens (including phenoxy) is 1. The van der Waals surface area contributed by atoms with Crippen LogP contribution in [-0.4, -0.2) is 13.1 Å². The van der Waals surface area contributed by atoms with Crippen molar-refractivity contribution >= 4 is 5.97 Å². The lowest BCUT2D eigenvalue weighted by Gasteiger charge is -1.94. The summed E-state index contributed by atoms with van der Waals surface area (Å²) in [5, 5.41) is 0. The number of hydrogen-bond acceptors (Lipinski definition) is 2. The van der Waals surface area contributed by atoms with Crippen LogP contribution in [0.25, 0.3) is 0 Å². The molecule has 0 atom stereocenters. The topological polar surface area (TPSA) is 26.3 Å². The number of methoxy groups -OCH3 is 1. The molecule has 0 unspecified atom stereocenters. The molecule has 0 aromatic heterocycles. The maximum atomic E-state index is 10.6. The van der Waals surface area contributed by atoms with Gasteiger partial charge >= 0.3 is 5.97 Å². The SMILES string of the molecule is CC/C(C)=C/CC(=O)OC. The van der Waals surface area contributed by atoms with Crippen LogP contribution in [0.3, 0.4) is 0 Å². The molecule has 2 heteroatoms. The number of rotatable bonds is 3. The minimum atomic E-state index is -0.173. The van der Waals surface area contributed by atoms with E-state index in [4.69, 9.17) is 0 Å². The molecule has 0 radical (unpaired) electrons. The fourth-order valence-corrected chi connectivity index (χ4v) is 0.485. The summed E-state index contributed by atoms with van der Waals surface area (Å²) in [7, 11) is 1.40. The lowest BCUT2D eigenvalue weighted by atomic mass is 10.2. The fourth-order valence-electron chi connectivity index (χ4n) is 0.485. The number of carbonyl (C=O) groups is 1. The van der Waals surface area contributed by atoms with E-state index in [1.165, 1.54) is 12.7 Å². The predicted octanol–water partition coefficient (Wildman–Crippen LogP) is 1.91. The van der Waals surface area contributed by atoms with E-state index in [-0.39, 0.29) is 5.97 Å². The molecule has 0 fully saturated rings. The number of hydrogen-bond donors (Lipinski definition) is 0. The fraction of sp³-hybridized carbons (Fsp3) is 0.625. The van der Waals surface area contributed by atoms with Gasteiger partial charge in [0.05, 0.1) is 13.5 Å². The first-order valence-electron chi connectivity index (χ1n) is 3.43. The van der Waals surface area contributed by atoms with Crippen LogP contribution < -0.4 is 0 Å². The molecule has 0 heterocycles. The average Bonchev–Trinajstić information content (AvgIpc) is 1.99. The van der Waals surface area contributed by atoms with Gasteiger partial charge in [-0.25, -0.2) is 0 Å². The Labute approximate surface area is 61.9 Å². The number of allylic oxidation sites excluding steroid dienone is 1. The van der Waals surface area contributed by atoms with Gasteiger partial charge in [0, 0.05) is 0 Å². The quantitative estimate of drug-likeness (QED) is 0.444. The third-order valence-corrected chi connectivity index (χ3v) is 1.40. The van der Waals surface area contributed by atoms with Crippen molar-refractivity contribution in [2.24, 2.45) is 0 Å². The van der Waals surface area contributed by atoms with Crippen molar-refractivity contribution in [3.8, 4) is 0 Å². The summed E-state index contributed by atoms with van der Waals surface area (Å²) in [4.78, 5) is 10.6. The van der Waals surface area contributed by atoms with E-state index in [0.717, 1.165) is 6.42 Å². The molecule has 0 aromatic carbocycles. The van der Waals surface area contributed by atoms with Gasteiger partial charge in [-0.15, -0.1) is 0 Å². The molecule has 0 spiro atoms. The highest BCUT2D eigenvalue weighted by atomic mass is 16.5. The first-order chi connectivity index (χ1) is 4.70. The minimum Gasteiger partial charge on any atom is -0.469 e. The lowest BCUT2D eigenvalue weighted by Crippen LogP contribution is -1.97. The zero-order valence-electron chi connectivity index (χ0n) is 6.81. The zero-order valence-corrected chi connectivity index (χ0v) is 6.81. The molecule has 0 N–H and O–H groups in total. The third-order valence-electron chi connectivity index (χ3n) is 1.40. The number of esters is 1. The average molecular weight is 142 g/mol. The van der Waals surface area contributed by atoms with Crippen LogP contribution in [0.15, 0.2) is 11.6 Å². The molecular formula is C8H14O2. The van der Waals surface area contributed by atoms with E-state index in [0.29, 0.717) is 6.42 Å². The highest BCUT2D eigenvalue weighted by Crippen LogP contribution is 1.99. The molecule has 0 bridgehead atoms. The summed E-state index contributed by atoms with van der Waals surface area (Å²) in [6.45, 7) is 4.06. The molecule has 2 nitrogen and oxygen atoms in total. The van der Waals surface area contributed by atoms with Gasteiger partial charge < -0.3 is 4.74 Å². The molecule has 58 valence electrons. The summed E-state index contributed by atoms with van der Waals surface area (Å²) in [5.41, 5.74) is 1.23. The van der Waals surface area contributed by atoms with E-state index in [1.807, 2.05) is 13.0 Å². The van der Waals surface area contributed by atoms with E-state index < -0.39 is 0 Å². The van der Waals surface area contributed by atoms with Crippen molar-refractivity contribution in [1.29, 1.82) is 0 Å². The van der Waals surface area contributed by atoms with Crippen LogP contribution in [0.4, 0.5) is 0 Å². The Morgan fingerprint density at radius 1 is 1.60 bits per heavy atom. The maximum absolute atomic E-state index is 10.6. The Hall–Kier alpha value is -0.790. The van der Waals surface area contributed by atoms with Gasteiger partial charge in [0.2, 0.25) is 0 Å². The summed E-state index contributed by atoms with van der Waals surface area (Å²) in [6, 6.07) is 0.